The zero-order chi connectivity index (χ0) is 26.2. The van der Waals surface area contributed by atoms with Crippen LogP contribution in [0.2, 0.25) is 0 Å². The molecule has 0 saturated heterocycles. The Labute approximate surface area is 199 Å². The number of halogens is 8. The first-order valence-electron chi connectivity index (χ1n) is 10.2. The van der Waals surface area contributed by atoms with E-state index in [9.17, 15) is 39.7 Å². The van der Waals surface area contributed by atoms with Crippen LogP contribution in [0.3, 0.4) is 0 Å². The number of rotatable bonds is 13. The molecule has 0 bridgehead atoms. The molecule has 0 aliphatic rings. The normalized spacial score (nSPS) is 14.9. The van der Waals surface area contributed by atoms with Gasteiger partial charge in [0.2, 0.25) is 0 Å². The number of hydrogen-bond donors (Lipinski definition) is 0. The van der Waals surface area contributed by atoms with Crippen LogP contribution in [-0.4, -0.2) is 46.2 Å². The molecule has 0 aromatic heterocycles. The summed E-state index contributed by atoms with van der Waals surface area (Å²) in [5.74, 6) is -15.8. The van der Waals surface area contributed by atoms with E-state index < -0.39 is 52.0 Å². The molecule has 0 aliphatic carbocycles. The molecule has 34 heavy (non-hydrogen) atoms. The number of benzene rings is 1. The van der Waals surface area contributed by atoms with Gasteiger partial charge in [-0.3, -0.25) is 0 Å². The van der Waals surface area contributed by atoms with Gasteiger partial charge < -0.3 is 0 Å². The average molecular weight is 587 g/mol. The van der Waals surface area contributed by atoms with Gasteiger partial charge in [-0.25, -0.2) is 0 Å². The molecule has 0 atom stereocenters. The molecule has 13 heteroatoms. The van der Waals surface area contributed by atoms with Crippen molar-refractivity contribution in [3.05, 3.63) is 52.0 Å². The molecule has 0 spiro atoms. The molecule has 0 N–H and O–H groups in total. The number of hydrogen-bond acceptors (Lipinski definition) is 3. The Hall–Kier alpha value is -1.19. The minimum absolute atomic E-state index is 0.0833. The summed E-state index contributed by atoms with van der Waals surface area (Å²) in [6, 6.07) is 8.13. The molecule has 0 heterocycles. The van der Waals surface area contributed by atoms with E-state index in [-0.39, 0.29) is 36.3 Å². The Kier molecular flexibility index (Phi) is 11.5. The van der Waals surface area contributed by atoms with E-state index in [2.05, 4.69) is 0 Å². The third-order valence-electron chi connectivity index (χ3n) is 4.23. The molecular formula is C21H25F8O3PSe. The number of allylic oxidation sites excluding steroid dienone is 3. The third kappa shape index (κ3) is 7.40. The molecule has 1 aromatic carbocycles. The summed E-state index contributed by atoms with van der Waals surface area (Å²) in [6.07, 6.45) is -6.36. The predicted molar refractivity (Wildman–Crippen MR) is 114 cm³/mol. The van der Waals surface area contributed by atoms with Crippen molar-refractivity contribution in [1.29, 1.82) is 0 Å². The van der Waals surface area contributed by atoms with Crippen molar-refractivity contribution in [3.63, 3.8) is 0 Å². The summed E-state index contributed by atoms with van der Waals surface area (Å²) < 4.78 is 131. The molecule has 0 amide bonds. The second kappa shape index (κ2) is 12.7. The first-order valence-corrected chi connectivity index (χ1v) is 13.5. The van der Waals surface area contributed by atoms with Crippen molar-refractivity contribution in [3.8, 4) is 0 Å². The van der Waals surface area contributed by atoms with E-state index in [1.165, 1.54) is 13.8 Å². The maximum atomic E-state index is 14.5. The quantitative estimate of drug-likeness (QED) is 0.105. The molecule has 194 valence electrons. The van der Waals surface area contributed by atoms with Gasteiger partial charge in [0.1, 0.15) is 0 Å². The van der Waals surface area contributed by atoms with E-state index in [0.29, 0.717) is 10.9 Å². The molecular weight excluding hydrogens is 562 g/mol. The van der Waals surface area contributed by atoms with Crippen LogP contribution in [0.5, 0.6) is 0 Å². The fourth-order valence-corrected chi connectivity index (χ4v) is 7.81. The Balaban J connectivity index is 3.84. The van der Waals surface area contributed by atoms with E-state index in [4.69, 9.17) is 9.05 Å². The maximum absolute atomic E-state index is 14.5. The molecule has 1 rings (SSSR count). The number of unbranched alkanes of at least 4 members (excludes halogenated alkanes) is 1. The van der Waals surface area contributed by atoms with E-state index in [1.54, 1.807) is 37.3 Å². The summed E-state index contributed by atoms with van der Waals surface area (Å²) in [7, 11) is -4.23. The third-order valence-corrected chi connectivity index (χ3v) is 10.1. The Morgan fingerprint density at radius 2 is 1.50 bits per heavy atom. The minimum atomic E-state index is -6.70. The summed E-state index contributed by atoms with van der Waals surface area (Å²) >= 11 is -0.983. The summed E-state index contributed by atoms with van der Waals surface area (Å²) in [4.78, 5) is 0. The van der Waals surface area contributed by atoms with Crippen LogP contribution in [0.1, 0.15) is 40.0 Å². The van der Waals surface area contributed by atoms with Crippen LogP contribution in [0.15, 0.2) is 52.0 Å². The van der Waals surface area contributed by atoms with E-state index in [1.807, 2.05) is 0 Å². The van der Waals surface area contributed by atoms with Crippen LogP contribution in [0.4, 0.5) is 35.1 Å². The van der Waals surface area contributed by atoms with Crippen molar-refractivity contribution >= 4 is 27.0 Å². The van der Waals surface area contributed by atoms with Crippen molar-refractivity contribution in [1.82, 2.24) is 0 Å². The Bertz CT molecular complexity index is 891. The van der Waals surface area contributed by atoms with Crippen molar-refractivity contribution in [2.24, 2.45) is 0 Å². The van der Waals surface area contributed by atoms with Crippen LogP contribution >= 0.6 is 7.60 Å². The topological polar surface area (TPSA) is 35.5 Å². The van der Waals surface area contributed by atoms with Crippen LogP contribution in [-0.2, 0) is 13.6 Å². The summed E-state index contributed by atoms with van der Waals surface area (Å²) in [5.41, 5.74) is -0.425. The SMILES string of the molecule is CCCCC(/C=C(\F)C(F)(F)C(F)(F)C(F)(F)F)=C(\[Se]c1ccccc1)P(=O)(OCC)OCC. The average Bonchev–Trinajstić information content (AvgIpc) is 2.75. The number of alkyl halides is 7. The predicted octanol–water partition coefficient (Wildman–Crippen LogP) is 7.37. The van der Waals surface area contributed by atoms with Crippen LogP contribution in [0, 0.1) is 0 Å². The van der Waals surface area contributed by atoms with Gasteiger partial charge in [-0.1, -0.05) is 0 Å². The molecule has 1 aromatic rings. The van der Waals surface area contributed by atoms with Crippen LogP contribution < -0.4 is 4.46 Å². The van der Waals surface area contributed by atoms with Gasteiger partial charge in [-0.15, -0.1) is 0 Å². The molecule has 0 fully saturated rings. The molecule has 0 radical (unpaired) electrons. The monoisotopic (exact) mass is 588 g/mol. The van der Waals surface area contributed by atoms with E-state index >= 15 is 0 Å². The van der Waals surface area contributed by atoms with Gasteiger partial charge in [0.25, 0.3) is 0 Å². The molecule has 3 nitrogen and oxygen atoms in total. The van der Waals surface area contributed by atoms with Gasteiger partial charge in [-0.05, 0) is 0 Å². The zero-order valence-corrected chi connectivity index (χ0v) is 21.2. The van der Waals surface area contributed by atoms with Crippen molar-refractivity contribution in [2.45, 2.75) is 58.1 Å². The standard InChI is InChI=1S/C21H25F8O3PSe/c1-4-7-11-15(14-17(22)19(23,24)20(25,26)21(27,28)29)18(33(30,31-5-2)32-6-3)34-16-12-9-8-10-13-16/h8-10,12-14H,4-7,11H2,1-3H3/b17-14-,18-15+. The van der Waals surface area contributed by atoms with Crippen LogP contribution in [0.25, 0.3) is 0 Å². The van der Waals surface area contributed by atoms with Crippen molar-refractivity contribution in [2.75, 3.05) is 13.2 Å². The van der Waals surface area contributed by atoms with Gasteiger partial charge in [-0.2, -0.15) is 0 Å². The Morgan fingerprint density at radius 3 is 1.94 bits per heavy atom. The first kappa shape index (κ1) is 30.8. The summed E-state index contributed by atoms with van der Waals surface area (Å²) in [5, 5.41) is 0. The second-order valence-corrected chi connectivity index (χ2v) is 11.7. The first-order chi connectivity index (χ1) is 15.7. The fraction of sp³-hybridized carbons (Fsp3) is 0.524. The fourth-order valence-electron chi connectivity index (χ4n) is 2.57. The van der Waals surface area contributed by atoms with Gasteiger partial charge in [0.15, 0.2) is 0 Å². The Morgan fingerprint density at radius 1 is 0.971 bits per heavy atom. The van der Waals surface area contributed by atoms with Crippen molar-refractivity contribution < 1.29 is 48.7 Å². The molecule has 0 saturated carbocycles. The molecule has 0 unspecified atom stereocenters. The van der Waals surface area contributed by atoms with Gasteiger partial charge in [0, 0.05) is 0 Å². The van der Waals surface area contributed by atoms with Gasteiger partial charge in [0.05, 0.1) is 0 Å². The van der Waals surface area contributed by atoms with E-state index in [0.717, 1.165) is 0 Å². The zero-order valence-electron chi connectivity index (χ0n) is 18.6. The summed E-state index contributed by atoms with van der Waals surface area (Å²) in [6.45, 7) is 4.33. The molecule has 0 aliphatic heterocycles. The second-order valence-electron chi connectivity index (χ2n) is 6.82. The van der Waals surface area contributed by atoms with Gasteiger partial charge >= 0.3 is 199 Å².